The van der Waals surface area contributed by atoms with Crippen LogP contribution in [0.2, 0.25) is 0 Å². The first-order valence-corrected chi connectivity index (χ1v) is 6.62. The van der Waals surface area contributed by atoms with E-state index in [-0.39, 0.29) is 6.04 Å². The number of benzene rings is 1. The van der Waals surface area contributed by atoms with Crippen molar-refractivity contribution >= 4 is 17.9 Å². The number of nitrogens with one attached hydrogen (secondary N) is 2. The van der Waals surface area contributed by atoms with Gasteiger partial charge < -0.3 is 14.6 Å². The summed E-state index contributed by atoms with van der Waals surface area (Å²) in [5.41, 5.74) is 0.939. The molecule has 2 rings (SSSR count). The van der Waals surface area contributed by atoms with Crippen molar-refractivity contribution in [2.45, 2.75) is 26.4 Å². The molecule has 2 aromatic rings. The smallest absolute Gasteiger partial charge is 0.195 e. The van der Waals surface area contributed by atoms with Gasteiger partial charge in [-0.1, -0.05) is 12.1 Å². The summed E-state index contributed by atoms with van der Waals surface area (Å²) < 4.78 is 7.94. The molecule has 1 aromatic heterocycles. The lowest BCUT2D eigenvalue weighted by Crippen LogP contribution is -2.14. The zero-order valence-electron chi connectivity index (χ0n) is 11.3. The van der Waals surface area contributed by atoms with E-state index in [2.05, 4.69) is 15.5 Å². The van der Waals surface area contributed by atoms with Gasteiger partial charge in [-0.25, -0.2) is 0 Å². The Morgan fingerprint density at radius 2 is 2.21 bits per heavy atom. The minimum Gasteiger partial charge on any atom is -0.495 e. The second-order valence-electron chi connectivity index (χ2n) is 4.20. The van der Waals surface area contributed by atoms with E-state index in [4.69, 9.17) is 17.0 Å². The van der Waals surface area contributed by atoms with Gasteiger partial charge in [-0.05, 0) is 38.2 Å². The molecule has 1 heterocycles. The third-order valence-corrected chi connectivity index (χ3v) is 3.28. The molecular formula is C13H18N4OS. The number of H-pyrrole nitrogens is 1. The molecule has 0 fully saturated rings. The van der Waals surface area contributed by atoms with Crippen molar-refractivity contribution < 1.29 is 4.74 Å². The number of ether oxygens (including phenoxy) is 1. The number of aromatic nitrogens is 3. The number of hydrogen-bond donors (Lipinski definition) is 2. The quantitative estimate of drug-likeness (QED) is 0.825. The van der Waals surface area contributed by atoms with Gasteiger partial charge in [0.25, 0.3) is 0 Å². The first kappa shape index (κ1) is 13.6. The Balaban J connectivity index is 2.25. The normalized spacial score (nSPS) is 12.2. The highest BCUT2D eigenvalue weighted by atomic mass is 32.1. The van der Waals surface area contributed by atoms with Crippen molar-refractivity contribution in [2.24, 2.45) is 0 Å². The summed E-state index contributed by atoms with van der Waals surface area (Å²) in [6.45, 7) is 4.89. The van der Waals surface area contributed by atoms with Gasteiger partial charge in [0.15, 0.2) is 10.6 Å². The van der Waals surface area contributed by atoms with Gasteiger partial charge in [0.1, 0.15) is 5.75 Å². The number of hydrogen-bond acceptors (Lipinski definition) is 4. The van der Waals surface area contributed by atoms with Gasteiger partial charge >= 0.3 is 0 Å². The number of nitrogens with zero attached hydrogens (tertiary/aromatic N) is 2. The number of rotatable bonds is 5. The van der Waals surface area contributed by atoms with E-state index in [1.165, 1.54) is 0 Å². The number of methoxy groups -OCH3 is 1. The largest absolute Gasteiger partial charge is 0.495 e. The Morgan fingerprint density at radius 1 is 1.47 bits per heavy atom. The van der Waals surface area contributed by atoms with Gasteiger partial charge in [0, 0.05) is 6.54 Å². The van der Waals surface area contributed by atoms with Crippen LogP contribution in [0.3, 0.4) is 0 Å². The highest BCUT2D eigenvalue weighted by Crippen LogP contribution is 2.27. The van der Waals surface area contributed by atoms with Crippen LogP contribution in [0.4, 0.5) is 5.69 Å². The lowest BCUT2D eigenvalue weighted by Gasteiger charge is -2.17. The summed E-state index contributed by atoms with van der Waals surface area (Å²) in [5.74, 6) is 1.70. The zero-order valence-corrected chi connectivity index (χ0v) is 12.1. The highest BCUT2D eigenvalue weighted by molar-refractivity contribution is 7.71. The molecule has 0 unspecified atom stereocenters. The predicted octanol–water partition coefficient (Wildman–Crippen LogP) is 3.14. The van der Waals surface area contributed by atoms with Crippen molar-refractivity contribution in [2.75, 3.05) is 12.4 Å². The van der Waals surface area contributed by atoms with Crippen molar-refractivity contribution in [3.05, 3.63) is 34.9 Å². The fourth-order valence-electron chi connectivity index (χ4n) is 2.03. The Hall–Kier alpha value is -1.82. The Bertz CT molecular complexity index is 605. The zero-order chi connectivity index (χ0) is 13.8. The molecule has 0 bridgehead atoms. The maximum atomic E-state index is 5.33. The van der Waals surface area contributed by atoms with E-state index in [1.807, 2.05) is 42.7 Å². The Morgan fingerprint density at radius 3 is 2.89 bits per heavy atom. The number of para-hydroxylation sites is 2. The molecule has 6 heteroatoms. The van der Waals surface area contributed by atoms with Crippen LogP contribution in [-0.4, -0.2) is 21.9 Å². The van der Waals surface area contributed by atoms with E-state index < -0.39 is 0 Å². The van der Waals surface area contributed by atoms with Gasteiger partial charge in [0.2, 0.25) is 0 Å². The maximum absolute atomic E-state index is 5.33. The number of aromatic amines is 1. The van der Waals surface area contributed by atoms with Gasteiger partial charge in [-0.3, -0.25) is 5.10 Å². The summed E-state index contributed by atoms with van der Waals surface area (Å²) in [4.78, 5) is 0. The van der Waals surface area contributed by atoms with Gasteiger partial charge in [-0.15, -0.1) is 0 Å². The third kappa shape index (κ3) is 2.78. The molecule has 0 aliphatic heterocycles. The average Bonchev–Trinajstić information content (AvgIpc) is 2.80. The van der Waals surface area contributed by atoms with Crippen LogP contribution in [0.1, 0.15) is 25.7 Å². The summed E-state index contributed by atoms with van der Waals surface area (Å²) in [6.07, 6.45) is 0. The van der Waals surface area contributed by atoms with E-state index >= 15 is 0 Å². The minimum atomic E-state index is 0.0317. The molecule has 102 valence electrons. The van der Waals surface area contributed by atoms with Crippen LogP contribution in [0.5, 0.6) is 5.75 Å². The molecule has 19 heavy (non-hydrogen) atoms. The topological polar surface area (TPSA) is 54.9 Å². The molecule has 0 spiro atoms. The van der Waals surface area contributed by atoms with Crippen molar-refractivity contribution in [1.82, 2.24) is 14.8 Å². The van der Waals surface area contributed by atoms with E-state index in [9.17, 15) is 0 Å². The molecule has 0 amide bonds. The molecule has 5 nitrogen and oxygen atoms in total. The van der Waals surface area contributed by atoms with Crippen LogP contribution in [0, 0.1) is 4.77 Å². The summed E-state index contributed by atoms with van der Waals surface area (Å²) in [5, 5.41) is 10.5. The second-order valence-corrected chi connectivity index (χ2v) is 4.58. The molecule has 1 atom stereocenters. The monoisotopic (exact) mass is 278 g/mol. The van der Waals surface area contributed by atoms with Crippen molar-refractivity contribution in [1.29, 1.82) is 0 Å². The van der Waals surface area contributed by atoms with Crippen LogP contribution >= 0.6 is 12.2 Å². The predicted molar refractivity (Wildman–Crippen MR) is 78.1 cm³/mol. The maximum Gasteiger partial charge on any atom is 0.195 e. The summed E-state index contributed by atoms with van der Waals surface area (Å²) in [6, 6.07) is 7.84. The molecule has 0 radical (unpaired) electrons. The van der Waals surface area contributed by atoms with Crippen LogP contribution in [-0.2, 0) is 6.54 Å². The van der Waals surface area contributed by atoms with E-state index in [0.717, 1.165) is 23.8 Å². The van der Waals surface area contributed by atoms with E-state index in [0.29, 0.717) is 4.77 Å². The molecule has 0 aliphatic carbocycles. The van der Waals surface area contributed by atoms with E-state index in [1.54, 1.807) is 7.11 Å². The average molecular weight is 278 g/mol. The lowest BCUT2D eigenvalue weighted by atomic mass is 10.2. The SMILES string of the molecule is CCn1c([C@@H](C)Nc2ccccc2OC)n[nH]c1=S. The number of anilines is 1. The van der Waals surface area contributed by atoms with Crippen LogP contribution in [0.25, 0.3) is 0 Å². The minimum absolute atomic E-state index is 0.0317. The van der Waals surface area contributed by atoms with Gasteiger partial charge in [-0.2, -0.15) is 5.10 Å². The van der Waals surface area contributed by atoms with Gasteiger partial charge in [0.05, 0.1) is 18.8 Å². The Kier molecular flexibility index (Phi) is 4.21. The standard InChI is InChI=1S/C13H18N4OS/c1-4-17-12(15-16-13(17)19)9(2)14-10-7-5-6-8-11(10)18-3/h5-9,14H,4H2,1-3H3,(H,16,19)/t9-/m1/s1. The lowest BCUT2D eigenvalue weighted by molar-refractivity contribution is 0.416. The molecule has 0 aliphatic rings. The highest BCUT2D eigenvalue weighted by Gasteiger charge is 2.14. The first-order chi connectivity index (χ1) is 9.17. The molecule has 0 saturated heterocycles. The third-order valence-electron chi connectivity index (χ3n) is 2.97. The van der Waals surface area contributed by atoms with Crippen molar-refractivity contribution in [3.63, 3.8) is 0 Å². The molecule has 0 saturated carbocycles. The van der Waals surface area contributed by atoms with Crippen LogP contribution in [0.15, 0.2) is 24.3 Å². The van der Waals surface area contributed by atoms with Crippen molar-refractivity contribution in [3.8, 4) is 5.75 Å². The molecule has 2 N–H and O–H groups in total. The fourth-order valence-corrected chi connectivity index (χ4v) is 2.30. The second kappa shape index (κ2) is 5.88. The van der Waals surface area contributed by atoms with Crippen LogP contribution < -0.4 is 10.1 Å². The molecule has 1 aromatic carbocycles. The summed E-state index contributed by atoms with van der Waals surface area (Å²) in [7, 11) is 1.66. The Labute approximate surface area is 117 Å². The summed E-state index contributed by atoms with van der Waals surface area (Å²) >= 11 is 5.20. The first-order valence-electron chi connectivity index (χ1n) is 6.22. The molecular weight excluding hydrogens is 260 g/mol. The fraction of sp³-hybridized carbons (Fsp3) is 0.385.